The lowest BCUT2D eigenvalue weighted by Crippen LogP contribution is -2.51. The third-order valence-corrected chi connectivity index (χ3v) is 4.00. The van der Waals surface area contributed by atoms with Gasteiger partial charge >= 0.3 is 0 Å². The number of nitrogens with two attached hydrogens (primary N) is 1. The molecule has 0 bridgehead atoms. The van der Waals surface area contributed by atoms with Crippen molar-refractivity contribution >= 4 is 5.91 Å². The van der Waals surface area contributed by atoms with Gasteiger partial charge in [0.25, 0.3) is 5.91 Å². The fraction of sp³-hybridized carbons (Fsp3) is 0.692. The van der Waals surface area contributed by atoms with Crippen molar-refractivity contribution < 1.29 is 9.53 Å². The number of aryl methyl sites for hydroxylation is 1. The summed E-state index contributed by atoms with van der Waals surface area (Å²) in [6, 6.07) is 0.0470. The summed E-state index contributed by atoms with van der Waals surface area (Å²) in [7, 11) is 3.55. The van der Waals surface area contributed by atoms with Crippen molar-refractivity contribution in [3.63, 3.8) is 0 Å². The number of amides is 1. The van der Waals surface area contributed by atoms with E-state index in [0.29, 0.717) is 18.7 Å². The van der Waals surface area contributed by atoms with Crippen molar-refractivity contribution in [2.24, 2.45) is 12.8 Å². The quantitative estimate of drug-likeness (QED) is 0.854. The maximum atomic E-state index is 12.6. The lowest BCUT2D eigenvalue weighted by atomic mass is 9.98. The van der Waals surface area contributed by atoms with E-state index in [0.717, 1.165) is 18.5 Å². The first-order valence-electron chi connectivity index (χ1n) is 6.61. The summed E-state index contributed by atoms with van der Waals surface area (Å²) in [5, 5.41) is 4.13. The van der Waals surface area contributed by atoms with Crippen LogP contribution in [-0.4, -0.2) is 52.9 Å². The third kappa shape index (κ3) is 2.64. The van der Waals surface area contributed by atoms with Crippen molar-refractivity contribution in [1.29, 1.82) is 0 Å². The molecule has 2 atom stereocenters. The minimum Gasteiger partial charge on any atom is -0.381 e. The molecule has 0 spiro atoms. The molecule has 6 nitrogen and oxygen atoms in total. The Balaban J connectivity index is 2.16. The topological polar surface area (TPSA) is 73.4 Å². The molecule has 0 radical (unpaired) electrons. The standard InChI is InChI=1S/C13H22N4O2/c1-9-12(8-15-16(9)2)13(18)17-5-4-11(19-3)6-10(17)7-14/h8,10-11H,4-7,14H2,1-3H3. The zero-order valence-corrected chi connectivity index (χ0v) is 11.8. The van der Waals surface area contributed by atoms with Crippen LogP contribution in [0.1, 0.15) is 28.9 Å². The normalized spacial score (nSPS) is 23.7. The fourth-order valence-corrected chi connectivity index (χ4v) is 2.58. The molecule has 1 fully saturated rings. The van der Waals surface area contributed by atoms with Crippen molar-refractivity contribution in [1.82, 2.24) is 14.7 Å². The third-order valence-electron chi connectivity index (χ3n) is 4.00. The Morgan fingerprint density at radius 1 is 1.63 bits per heavy atom. The molecule has 19 heavy (non-hydrogen) atoms. The van der Waals surface area contributed by atoms with Gasteiger partial charge in [-0.25, -0.2) is 0 Å². The van der Waals surface area contributed by atoms with Crippen LogP contribution in [0.5, 0.6) is 0 Å². The SMILES string of the molecule is COC1CCN(C(=O)c2cnn(C)c2C)C(CN)C1. The monoisotopic (exact) mass is 266 g/mol. The molecule has 0 saturated carbocycles. The molecule has 2 N–H and O–H groups in total. The minimum absolute atomic E-state index is 0.0237. The molecule has 0 aromatic carbocycles. The van der Waals surface area contributed by atoms with Gasteiger partial charge in [-0.1, -0.05) is 0 Å². The highest BCUT2D eigenvalue weighted by atomic mass is 16.5. The van der Waals surface area contributed by atoms with Gasteiger partial charge in [-0.2, -0.15) is 5.10 Å². The van der Waals surface area contributed by atoms with Crippen molar-refractivity contribution in [3.8, 4) is 0 Å². The average molecular weight is 266 g/mol. The molecule has 2 heterocycles. The van der Waals surface area contributed by atoms with Crippen LogP contribution in [0.4, 0.5) is 0 Å². The molecule has 2 rings (SSSR count). The van der Waals surface area contributed by atoms with Crippen molar-refractivity contribution in [3.05, 3.63) is 17.5 Å². The number of hydrogen-bond donors (Lipinski definition) is 1. The first-order chi connectivity index (χ1) is 9.08. The number of ether oxygens (including phenoxy) is 1. The van der Waals surface area contributed by atoms with Gasteiger partial charge in [0, 0.05) is 39.0 Å². The first-order valence-corrected chi connectivity index (χ1v) is 6.61. The van der Waals surface area contributed by atoms with Gasteiger partial charge in [0.1, 0.15) is 0 Å². The van der Waals surface area contributed by atoms with E-state index in [9.17, 15) is 4.79 Å². The molecule has 1 aliphatic heterocycles. The molecule has 6 heteroatoms. The summed E-state index contributed by atoms with van der Waals surface area (Å²) in [5.41, 5.74) is 7.35. The number of nitrogens with zero attached hydrogens (tertiary/aromatic N) is 3. The van der Waals surface area contributed by atoms with Gasteiger partial charge in [-0.3, -0.25) is 9.48 Å². The predicted octanol–water partition coefficient (Wildman–Crippen LogP) is 0.307. The van der Waals surface area contributed by atoms with Gasteiger partial charge in [0.2, 0.25) is 0 Å². The number of aromatic nitrogens is 2. The van der Waals surface area contributed by atoms with E-state index < -0.39 is 0 Å². The van der Waals surface area contributed by atoms with Gasteiger partial charge < -0.3 is 15.4 Å². The van der Waals surface area contributed by atoms with Crippen LogP contribution in [0.3, 0.4) is 0 Å². The fourth-order valence-electron chi connectivity index (χ4n) is 2.58. The number of rotatable bonds is 3. The lowest BCUT2D eigenvalue weighted by molar-refractivity contribution is 0.0138. The second-order valence-electron chi connectivity index (χ2n) is 5.04. The van der Waals surface area contributed by atoms with E-state index >= 15 is 0 Å². The summed E-state index contributed by atoms with van der Waals surface area (Å²) in [4.78, 5) is 14.4. The van der Waals surface area contributed by atoms with Crippen LogP contribution in [-0.2, 0) is 11.8 Å². The lowest BCUT2D eigenvalue weighted by Gasteiger charge is -2.38. The molecule has 2 unspecified atom stereocenters. The average Bonchev–Trinajstić information content (AvgIpc) is 2.77. The van der Waals surface area contributed by atoms with E-state index in [1.807, 2.05) is 18.9 Å². The Bertz CT molecular complexity index is 457. The van der Waals surface area contributed by atoms with E-state index in [-0.39, 0.29) is 18.1 Å². The van der Waals surface area contributed by atoms with E-state index in [2.05, 4.69) is 5.10 Å². The minimum atomic E-state index is 0.0237. The summed E-state index contributed by atoms with van der Waals surface area (Å²) in [5.74, 6) is 0.0237. The maximum absolute atomic E-state index is 12.6. The Kier molecular flexibility index (Phi) is 4.21. The Hall–Kier alpha value is -1.40. The van der Waals surface area contributed by atoms with Gasteiger partial charge in [-0.05, 0) is 19.8 Å². The van der Waals surface area contributed by atoms with E-state index in [1.165, 1.54) is 0 Å². The number of likely N-dealkylation sites (tertiary alicyclic amines) is 1. The molecule has 0 aliphatic carbocycles. The number of piperidine rings is 1. The Labute approximate surface area is 113 Å². The Morgan fingerprint density at radius 2 is 2.37 bits per heavy atom. The molecular weight excluding hydrogens is 244 g/mol. The highest BCUT2D eigenvalue weighted by Crippen LogP contribution is 2.22. The number of carbonyl (C=O) groups is 1. The molecule has 1 aromatic heterocycles. The highest BCUT2D eigenvalue weighted by molar-refractivity contribution is 5.95. The van der Waals surface area contributed by atoms with E-state index in [1.54, 1.807) is 18.0 Å². The second-order valence-corrected chi connectivity index (χ2v) is 5.04. The summed E-state index contributed by atoms with van der Waals surface area (Å²) in [6.45, 7) is 3.05. The molecule has 1 amide bonds. The zero-order valence-electron chi connectivity index (χ0n) is 11.8. The van der Waals surface area contributed by atoms with Crippen molar-refractivity contribution in [2.75, 3.05) is 20.2 Å². The summed E-state index contributed by atoms with van der Waals surface area (Å²) >= 11 is 0. The largest absolute Gasteiger partial charge is 0.381 e. The van der Waals surface area contributed by atoms with Crippen LogP contribution in [0.2, 0.25) is 0 Å². The van der Waals surface area contributed by atoms with Crippen LogP contribution in [0.15, 0.2) is 6.20 Å². The number of hydrogen-bond acceptors (Lipinski definition) is 4. The Morgan fingerprint density at radius 3 is 2.89 bits per heavy atom. The molecule has 1 aliphatic rings. The smallest absolute Gasteiger partial charge is 0.257 e. The molecule has 106 valence electrons. The van der Waals surface area contributed by atoms with Crippen molar-refractivity contribution in [2.45, 2.75) is 31.9 Å². The predicted molar refractivity (Wildman–Crippen MR) is 71.9 cm³/mol. The summed E-state index contributed by atoms with van der Waals surface area (Å²) in [6.07, 6.45) is 3.50. The van der Waals surface area contributed by atoms with Crippen LogP contribution in [0, 0.1) is 6.92 Å². The molecule has 1 saturated heterocycles. The van der Waals surface area contributed by atoms with Gasteiger partial charge in [-0.15, -0.1) is 0 Å². The molecular formula is C13H22N4O2. The van der Waals surface area contributed by atoms with E-state index in [4.69, 9.17) is 10.5 Å². The summed E-state index contributed by atoms with van der Waals surface area (Å²) < 4.78 is 7.09. The zero-order chi connectivity index (χ0) is 14.0. The van der Waals surface area contributed by atoms with Crippen LogP contribution >= 0.6 is 0 Å². The maximum Gasteiger partial charge on any atom is 0.257 e. The number of carbonyl (C=O) groups excluding carboxylic acids is 1. The van der Waals surface area contributed by atoms with Crippen LogP contribution in [0.25, 0.3) is 0 Å². The number of methoxy groups -OCH3 is 1. The van der Waals surface area contributed by atoms with Crippen LogP contribution < -0.4 is 5.73 Å². The second kappa shape index (κ2) is 5.71. The molecule has 1 aromatic rings. The first kappa shape index (κ1) is 14.0. The highest BCUT2D eigenvalue weighted by Gasteiger charge is 2.32. The van der Waals surface area contributed by atoms with Gasteiger partial charge in [0.05, 0.1) is 17.9 Å². The van der Waals surface area contributed by atoms with Gasteiger partial charge in [0.15, 0.2) is 0 Å².